The molecule has 17 heavy (non-hydrogen) atoms. The Morgan fingerprint density at radius 3 is 2.71 bits per heavy atom. The summed E-state index contributed by atoms with van der Waals surface area (Å²) in [6.07, 6.45) is 0.425. The van der Waals surface area contributed by atoms with Crippen molar-refractivity contribution in [1.82, 2.24) is 0 Å². The van der Waals surface area contributed by atoms with Crippen LogP contribution in [0, 0.1) is 0 Å². The van der Waals surface area contributed by atoms with Crippen LogP contribution >= 0.6 is 27.7 Å². The molecule has 0 aliphatic carbocycles. The number of nitrogens with two attached hydrogens (primary N) is 1. The Balaban J connectivity index is 2.65. The molecule has 0 aromatic heterocycles. The first-order valence-corrected chi connectivity index (χ1v) is 6.93. The Morgan fingerprint density at radius 2 is 2.18 bits per heavy atom. The van der Waals surface area contributed by atoms with Gasteiger partial charge in [-0.2, -0.15) is 0 Å². The number of rotatable bonds is 5. The first-order valence-electron chi connectivity index (χ1n) is 5.26. The van der Waals surface area contributed by atoms with E-state index in [9.17, 15) is 4.79 Å². The largest absolute Gasteiger partial charge is 0.480 e. The van der Waals surface area contributed by atoms with Gasteiger partial charge in [0.1, 0.15) is 5.54 Å². The van der Waals surface area contributed by atoms with Crippen LogP contribution in [0.5, 0.6) is 0 Å². The van der Waals surface area contributed by atoms with Crippen molar-refractivity contribution in [3.8, 4) is 0 Å². The molecular formula is C12H16BrNO2S. The summed E-state index contributed by atoms with van der Waals surface area (Å²) >= 11 is 5.09. The Bertz CT molecular complexity index is 409. The first kappa shape index (κ1) is 14.5. The maximum atomic E-state index is 10.9. The third kappa shape index (κ3) is 4.33. The van der Waals surface area contributed by atoms with Crippen LogP contribution in [-0.2, 0) is 4.79 Å². The van der Waals surface area contributed by atoms with E-state index in [4.69, 9.17) is 10.8 Å². The van der Waals surface area contributed by atoms with Gasteiger partial charge in [0.05, 0.1) is 0 Å². The molecule has 1 aromatic rings. The Kier molecular flexibility index (Phi) is 5.04. The van der Waals surface area contributed by atoms with Crippen molar-refractivity contribution in [2.45, 2.75) is 36.0 Å². The zero-order chi connectivity index (χ0) is 13.1. The number of carbonyl (C=O) groups is 1. The van der Waals surface area contributed by atoms with Gasteiger partial charge in [-0.05, 0) is 41.4 Å². The second kappa shape index (κ2) is 5.89. The van der Waals surface area contributed by atoms with Gasteiger partial charge in [0.2, 0.25) is 0 Å². The molecule has 0 spiro atoms. The van der Waals surface area contributed by atoms with Gasteiger partial charge in [-0.1, -0.05) is 19.1 Å². The summed E-state index contributed by atoms with van der Waals surface area (Å²) in [5, 5.41) is 9.11. The first-order chi connectivity index (χ1) is 7.83. The summed E-state index contributed by atoms with van der Waals surface area (Å²) < 4.78 is 1.02. The van der Waals surface area contributed by atoms with E-state index in [0.29, 0.717) is 6.42 Å². The van der Waals surface area contributed by atoms with Crippen LogP contribution in [0.15, 0.2) is 33.6 Å². The number of aliphatic carboxylic acids is 1. The molecule has 0 bridgehead atoms. The van der Waals surface area contributed by atoms with Crippen molar-refractivity contribution < 1.29 is 9.90 Å². The molecule has 3 N–H and O–H groups in total. The lowest BCUT2D eigenvalue weighted by Gasteiger charge is -2.23. The molecule has 3 nitrogen and oxygen atoms in total. The average Bonchev–Trinajstić information content (AvgIpc) is 2.20. The van der Waals surface area contributed by atoms with Gasteiger partial charge in [-0.25, -0.2) is 0 Å². The van der Waals surface area contributed by atoms with Crippen molar-refractivity contribution in [3.05, 3.63) is 28.7 Å². The van der Waals surface area contributed by atoms with E-state index in [-0.39, 0.29) is 5.25 Å². The molecule has 2 atom stereocenters. The number of benzene rings is 1. The van der Waals surface area contributed by atoms with E-state index in [1.807, 2.05) is 31.2 Å². The lowest BCUT2D eigenvalue weighted by molar-refractivity contribution is -0.142. The summed E-state index contributed by atoms with van der Waals surface area (Å²) in [6.45, 7) is 3.53. The molecule has 0 heterocycles. The minimum Gasteiger partial charge on any atom is -0.480 e. The maximum absolute atomic E-state index is 10.9. The smallest absolute Gasteiger partial charge is 0.323 e. The highest BCUT2D eigenvalue weighted by molar-refractivity contribution is 9.10. The monoisotopic (exact) mass is 317 g/mol. The van der Waals surface area contributed by atoms with Gasteiger partial charge in [-0.3, -0.25) is 4.79 Å². The van der Waals surface area contributed by atoms with E-state index >= 15 is 0 Å². The molecule has 0 aliphatic rings. The van der Waals surface area contributed by atoms with Gasteiger partial charge in [-0.15, -0.1) is 11.8 Å². The fourth-order valence-corrected chi connectivity index (χ4v) is 3.25. The Morgan fingerprint density at radius 1 is 1.59 bits per heavy atom. The summed E-state index contributed by atoms with van der Waals surface area (Å²) in [5.41, 5.74) is 4.55. The SMILES string of the molecule is CC(CC(C)(N)C(=O)O)Sc1ccccc1Br. The standard InChI is InChI=1S/C12H16BrNO2S/c1-8(7-12(2,14)11(15)16)17-10-6-4-3-5-9(10)13/h3-6,8H,7,14H2,1-2H3,(H,15,16). The molecular weight excluding hydrogens is 302 g/mol. The minimum atomic E-state index is -1.17. The molecule has 0 fully saturated rings. The molecule has 94 valence electrons. The number of hydrogen-bond acceptors (Lipinski definition) is 3. The topological polar surface area (TPSA) is 63.3 Å². The highest BCUT2D eigenvalue weighted by Crippen LogP contribution is 2.33. The fourth-order valence-electron chi connectivity index (χ4n) is 1.48. The molecule has 0 aliphatic heterocycles. The highest BCUT2D eigenvalue weighted by Gasteiger charge is 2.30. The quantitative estimate of drug-likeness (QED) is 0.819. The second-order valence-corrected chi connectivity index (χ2v) is 6.62. The zero-order valence-electron chi connectivity index (χ0n) is 9.81. The third-order valence-corrected chi connectivity index (χ3v) is 4.50. The number of thioether (sulfide) groups is 1. The van der Waals surface area contributed by atoms with Crippen molar-refractivity contribution in [3.63, 3.8) is 0 Å². The highest BCUT2D eigenvalue weighted by atomic mass is 79.9. The summed E-state index contributed by atoms with van der Waals surface area (Å²) in [4.78, 5) is 12.0. The van der Waals surface area contributed by atoms with Gasteiger partial charge in [0.15, 0.2) is 0 Å². The number of carboxylic acids is 1. The lowest BCUT2D eigenvalue weighted by Crippen LogP contribution is -2.46. The molecule has 0 saturated carbocycles. The van der Waals surface area contributed by atoms with Crippen LogP contribution in [0.1, 0.15) is 20.3 Å². The van der Waals surface area contributed by atoms with Gasteiger partial charge < -0.3 is 10.8 Å². The lowest BCUT2D eigenvalue weighted by atomic mass is 9.98. The van der Waals surface area contributed by atoms with Crippen LogP contribution < -0.4 is 5.73 Å². The molecule has 0 amide bonds. The Labute approximate surface area is 114 Å². The van der Waals surface area contributed by atoms with E-state index < -0.39 is 11.5 Å². The number of hydrogen-bond donors (Lipinski definition) is 2. The summed E-state index contributed by atoms with van der Waals surface area (Å²) in [5.74, 6) is -0.961. The van der Waals surface area contributed by atoms with Crippen molar-refractivity contribution in [1.29, 1.82) is 0 Å². The van der Waals surface area contributed by atoms with Crippen molar-refractivity contribution >= 4 is 33.7 Å². The molecule has 2 unspecified atom stereocenters. The van der Waals surface area contributed by atoms with Crippen LogP contribution in [-0.4, -0.2) is 21.9 Å². The van der Waals surface area contributed by atoms with E-state index in [2.05, 4.69) is 15.9 Å². The molecule has 1 aromatic carbocycles. The van der Waals surface area contributed by atoms with Gasteiger partial charge >= 0.3 is 5.97 Å². The second-order valence-electron chi connectivity index (χ2n) is 4.29. The van der Waals surface area contributed by atoms with Crippen molar-refractivity contribution in [2.75, 3.05) is 0 Å². The molecule has 0 radical (unpaired) electrons. The van der Waals surface area contributed by atoms with Crippen LogP contribution in [0.3, 0.4) is 0 Å². The number of halogens is 1. The predicted molar refractivity (Wildman–Crippen MR) is 74.3 cm³/mol. The summed E-state index contributed by atoms with van der Waals surface area (Å²) in [7, 11) is 0. The van der Waals surface area contributed by atoms with E-state index in [1.54, 1.807) is 18.7 Å². The minimum absolute atomic E-state index is 0.139. The molecule has 1 rings (SSSR count). The average molecular weight is 318 g/mol. The molecule has 5 heteroatoms. The third-order valence-electron chi connectivity index (χ3n) is 2.36. The van der Waals surface area contributed by atoms with Crippen LogP contribution in [0.4, 0.5) is 0 Å². The fraction of sp³-hybridized carbons (Fsp3) is 0.417. The van der Waals surface area contributed by atoms with Crippen molar-refractivity contribution in [2.24, 2.45) is 5.73 Å². The van der Waals surface area contributed by atoms with E-state index in [0.717, 1.165) is 9.37 Å². The zero-order valence-corrected chi connectivity index (χ0v) is 12.2. The normalized spacial score (nSPS) is 16.2. The Hall–Kier alpha value is -0.520. The van der Waals surface area contributed by atoms with Crippen LogP contribution in [0.25, 0.3) is 0 Å². The summed E-state index contributed by atoms with van der Waals surface area (Å²) in [6, 6.07) is 7.87. The maximum Gasteiger partial charge on any atom is 0.323 e. The van der Waals surface area contributed by atoms with Crippen LogP contribution in [0.2, 0.25) is 0 Å². The predicted octanol–water partition coefficient (Wildman–Crippen LogP) is 3.12. The van der Waals surface area contributed by atoms with Gasteiger partial charge in [0.25, 0.3) is 0 Å². The number of carboxylic acid groups (broad SMARTS) is 1. The van der Waals surface area contributed by atoms with E-state index in [1.165, 1.54) is 0 Å². The van der Waals surface area contributed by atoms with Gasteiger partial charge in [0, 0.05) is 14.6 Å². The molecule has 0 saturated heterocycles.